The van der Waals surface area contributed by atoms with Crippen LogP contribution in [0.5, 0.6) is 5.75 Å². The van der Waals surface area contributed by atoms with Crippen LogP contribution in [0.25, 0.3) is 0 Å². The summed E-state index contributed by atoms with van der Waals surface area (Å²) in [6.07, 6.45) is 3.80. The van der Waals surface area contributed by atoms with Gasteiger partial charge in [0.05, 0.1) is 11.3 Å². The van der Waals surface area contributed by atoms with Crippen LogP contribution in [-0.2, 0) is 4.79 Å². The van der Waals surface area contributed by atoms with E-state index in [-0.39, 0.29) is 12.5 Å². The molecular formula is C22H24N4O2. The molecule has 3 rings (SSSR count). The van der Waals surface area contributed by atoms with E-state index >= 15 is 0 Å². The maximum Gasteiger partial charge on any atom is 0.277 e. The summed E-state index contributed by atoms with van der Waals surface area (Å²) in [6, 6.07) is 17.1. The van der Waals surface area contributed by atoms with Gasteiger partial charge in [0.15, 0.2) is 6.61 Å². The molecule has 1 N–H and O–H groups in total. The molecule has 0 bridgehead atoms. The number of carbonyl (C=O) groups is 1. The number of hydrazone groups is 1. The van der Waals surface area contributed by atoms with Crippen LogP contribution in [0.1, 0.15) is 37.3 Å². The number of nitrogens with one attached hydrogen (secondary N) is 1. The summed E-state index contributed by atoms with van der Waals surface area (Å²) in [5.41, 5.74) is 5.79. The molecule has 1 saturated heterocycles. The van der Waals surface area contributed by atoms with Gasteiger partial charge in [0.2, 0.25) is 0 Å². The van der Waals surface area contributed by atoms with E-state index in [2.05, 4.69) is 27.6 Å². The largest absolute Gasteiger partial charge is 0.482 e. The normalized spacial score (nSPS) is 14.3. The summed E-state index contributed by atoms with van der Waals surface area (Å²) < 4.78 is 5.40. The minimum atomic E-state index is -0.378. The molecule has 0 aliphatic carbocycles. The Labute approximate surface area is 165 Å². The maximum absolute atomic E-state index is 12.0. The Balaban J connectivity index is 1.53. The monoisotopic (exact) mass is 376 g/mol. The lowest BCUT2D eigenvalue weighted by atomic mass is 10.1. The van der Waals surface area contributed by atoms with Gasteiger partial charge in [0.1, 0.15) is 11.8 Å². The Hall–Kier alpha value is -3.33. The number of piperidine rings is 1. The van der Waals surface area contributed by atoms with Crippen LogP contribution >= 0.6 is 0 Å². The molecule has 1 fully saturated rings. The number of benzene rings is 2. The predicted molar refractivity (Wildman–Crippen MR) is 110 cm³/mol. The van der Waals surface area contributed by atoms with Crippen LogP contribution in [0.15, 0.2) is 53.6 Å². The Morgan fingerprint density at radius 2 is 1.86 bits per heavy atom. The molecule has 0 unspecified atom stereocenters. The second-order valence-corrected chi connectivity index (χ2v) is 6.72. The first-order valence-electron chi connectivity index (χ1n) is 9.48. The number of hydrogen-bond donors (Lipinski definition) is 1. The lowest BCUT2D eigenvalue weighted by Crippen LogP contribution is -2.29. The summed E-state index contributed by atoms with van der Waals surface area (Å²) in [7, 11) is 0. The minimum Gasteiger partial charge on any atom is -0.482 e. The Morgan fingerprint density at radius 3 is 2.57 bits per heavy atom. The third kappa shape index (κ3) is 5.10. The van der Waals surface area contributed by atoms with Crippen LogP contribution in [0.2, 0.25) is 0 Å². The highest BCUT2D eigenvalue weighted by atomic mass is 16.5. The standard InChI is InChI=1S/C22H24N4O2/c1-17(18-9-11-20(12-10-18)26-13-5-2-6-14-26)24-25-22(27)16-28-21-8-4-3-7-19(21)15-23/h3-4,7-12H,2,5-6,13-14,16H2,1H3,(H,25,27)/b24-17-. The summed E-state index contributed by atoms with van der Waals surface area (Å²) in [4.78, 5) is 14.4. The smallest absolute Gasteiger partial charge is 0.277 e. The summed E-state index contributed by atoms with van der Waals surface area (Å²) in [5, 5.41) is 13.2. The van der Waals surface area contributed by atoms with Gasteiger partial charge >= 0.3 is 0 Å². The van der Waals surface area contributed by atoms with Crippen molar-refractivity contribution in [1.29, 1.82) is 5.26 Å². The van der Waals surface area contributed by atoms with E-state index in [0.717, 1.165) is 24.4 Å². The second kappa shape index (κ2) is 9.56. The lowest BCUT2D eigenvalue weighted by Gasteiger charge is -2.28. The fourth-order valence-corrected chi connectivity index (χ4v) is 3.14. The summed E-state index contributed by atoms with van der Waals surface area (Å²) in [6.45, 7) is 3.86. The van der Waals surface area contributed by atoms with E-state index in [9.17, 15) is 4.79 Å². The second-order valence-electron chi connectivity index (χ2n) is 6.72. The van der Waals surface area contributed by atoms with E-state index in [1.165, 1.54) is 24.9 Å². The van der Waals surface area contributed by atoms with Crippen LogP contribution in [0.3, 0.4) is 0 Å². The zero-order valence-corrected chi connectivity index (χ0v) is 16.0. The topological polar surface area (TPSA) is 77.7 Å². The molecule has 1 amide bonds. The molecule has 0 atom stereocenters. The maximum atomic E-state index is 12.0. The molecule has 0 aromatic heterocycles. The van der Waals surface area contributed by atoms with E-state index in [1.54, 1.807) is 24.3 Å². The number of nitriles is 1. The first kappa shape index (κ1) is 19.4. The molecule has 6 nitrogen and oxygen atoms in total. The van der Waals surface area contributed by atoms with E-state index in [1.807, 2.05) is 25.1 Å². The number of nitrogens with zero attached hydrogens (tertiary/aromatic N) is 3. The Morgan fingerprint density at radius 1 is 1.14 bits per heavy atom. The summed E-state index contributed by atoms with van der Waals surface area (Å²) >= 11 is 0. The average molecular weight is 376 g/mol. The first-order valence-corrected chi connectivity index (χ1v) is 9.48. The van der Waals surface area contributed by atoms with Crippen LogP contribution in [0.4, 0.5) is 5.69 Å². The van der Waals surface area contributed by atoms with Crippen molar-refractivity contribution in [3.63, 3.8) is 0 Å². The quantitative estimate of drug-likeness (QED) is 0.619. The zero-order chi connectivity index (χ0) is 19.8. The number of amides is 1. The molecule has 1 heterocycles. The highest BCUT2D eigenvalue weighted by Gasteiger charge is 2.11. The van der Waals surface area contributed by atoms with Crippen molar-refractivity contribution in [2.45, 2.75) is 26.2 Å². The Kier molecular flexibility index (Phi) is 6.64. The van der Waals surface area contributed by atoms with Crippen molar-refractivity contribution in [1.82, 2.24) is 5.43 Å². The molecular weight excluding hydrogens is 352 g/mol. The van der Waals surface area contributed by atoms with Gasteiger partial charge in [-0.1, -0.05) is 24.3 Å². The van der Waals surface area contributed by atoms with Crippen LogP contribution in [-0.4, -0.2) is 31.3 Å². The van der Waals surface area contributed by atoms with E-state index in [4.69, 9.17) is 10.00 Å². The van der Waals surface area contributed by atoms with E-state index < -0.39 is 0 Å². The number of ether oxygens (including phenoxy) is 1. The minimum absolute atomic E-state index is 0.205. The molecule has 0 radical (unpaired) electrons. The Bertz CT molecular complexity index is 878. The van der Waals surface area contributed by atoms with Crippen molar-refractivity contribution in [3.05, 3.63) is 59.7 Å². The molecule has 1 aliphatic rings. The van der Waals surface area contributed by atoms with Crippen molar-refractivity contribution in [2.75, 3.05) is 24.6 Å². The fraction of sp³-hybridized carbons (Fsp3) is 0.318. The first-order chi connectivity index (χ1) is 13.7. The zero-order valence-electron chi connectivity index (χ0n) is 16.0. The number of anilines is 1. The van der Waals surface area contributed by atoms with Gasteiger partial charge in [-0.25, -0.2) is 5.43 Å². The average Bonchev–Trinajstić information content (AvgIpc) is 2.77. The molecule has 0 saturated carbocycles. The van der Waals surface area contributed by atoms with Gasteiger partial charge in [-0.3, -0.25) is 4.79 Å². The number of carbonyl (C=O) groups excluding carboxylic acids is 1. The van der Waals surface area contributed by atoms with Gasteiger partial charge in [-0.2, -0.15) is 10.4 Å². The van der Waals surface area contributed by atoms with Crippen molar-refractivity contribution < 1.29 is 9.53 Å². The molecule has 2 aromatic rings. The van der Waals surface area contributed by atoms with Crippen molar-refractivity contribution >= 4 is 17.3 Å². The third-order valence-electron chi connectivity index (χ3n) is 4.72. The van der Waals surface area contributed by atoms with Crippen LogP contribution in [0, 0.1) is 11.3 Å². The third-order valence-corrected chi connectivity index (χ3v) is 4.72. The molecule has 6 heteroatoms. The summed E-state index contributed by atoms with van der Waals surface area (Å²) in [5.74, 6) is 0.00572. The van der Waals surface area contributed by atoms with Gasteiger partial charge in [-0.15, -0.1) is 0 Å². The van der Waals surface area contributed by atoms with Gasteiger partial charge in [0.25, 0.3) is 5.91 Å². The van der Waals surface area contributed by atoms with Gasteiger partial charge in [-0.05, 0) is 56.0 Å². The van der Waals surface area contributed by atoms with Crippen molar-refractivity contribution in [3.8, 4) is 11.8 Å². The number of rotatable bonds is 6. The molecule has 2 aromatic carbocycles. The highest BCUT2D eigenvalue weighted by Crippen LogP contribution is 2.20. The lowest BCUT2D eigenvalue weighted by molar-refractivity contribution is -0.123. The molecule has 0 spiro atoms. The van der Waals surface area contributed by atoms with Gasteiger partial charge in [0, 0.05) is 18.8 Å². The SMILES string of the molecule is C/C(=N/NC(=O)COc1ccccc1C#N)c1ccc(N2CCCCC2)cc1. The fourth-order valence-electron chi connectivity index (χ4n) is 3.14. The molecule has 144 valence electrons. The highest BCUT2D eigenvalue weighted by molar-refractivity contribution is 5.99. The molecule has 1 aliphatic heterocycles. The van der Waals surface area contributed by atoms with Crippen molar-refractivity contribution in [2.24, 2.45) is 5.10 Å². The number of hydrogen-bond acceptors (Lipinski definition) is 5. The number of para-hydroxylation sites is 1. The molecule has 28 heavy (non-hydrogen) atoms. The van der Waals surface area contributed by atoms with E-state index in [0.29, 0.717) is 11.3 Å². The predicted octanol–water partition coefficient (Wildman–Crippen LogP) is 3.47. The van der Waals surface area contributed by atoms with Gasteiger partial charge < -0.3 is 9.64 Å². The van der Waals surface area contributed by atoms with Crippen LogP contribution < -0.4 is 15.1 Å².